The maximum absolute atomic E-state index is 13.2. The van der Waals surface area contributed by atoms with Crippen molar-refractivity contribution in [2.75, 3.05) is 39.8 Å². The zero-order valence-electron chi connectivity index (χ0n) is 20.2. The Morgan fingerprint density at radius 2 is 1.85 bits per heavy atom. The van der Waals surface area contributed by atoms with Crippen LogP contribution in [-0.4, -0.2) is 61.6 Å². The number of rotatable bonds is 10. The Morgan fingerprint density at radius 1 is 1.12 bits per heavy atom. The number of benzene rings is 2. The number of methoxy groups -OCH3 is 3. The molecule has 0 aromatic heterocycles. The molecule has 0 saturated carbocycles. The molecule has 1 aliphatic rings. The Balaban J connectivity index is 1.79. The molecule has 34 heavy (non-hydrogen) atoms. The highest BCUT2D eigenvalue weighted by molar-refractivity contribution is 8.15. The average Bonchev–Trinajstić information content (AvgIpc) is 3.10. The lowest BCUT2D eigenvalue weighted by molar-refractivity contribution is -0.128. The quantitative estimate of drug-likeness (QED) is 0.504. The molecule has 0 radical (unpaired) electrons. The summed E-state index contributed by atoms with van der Waals surface area (Å²) in [5.41, 5.74) is 3.43. The predicted octanol–water partition coefficient (Wildman–Crippen LogP) is 4.32. The van der Waals surface area contributed by atoms with Gasteiger partial charge in [0, 0.05) is 32.7 Å². The number of anilines is 1. The van der Waals surface area contributed by atoms with Crippen LogP contribution in [0.4, 0.5) is 11.4 Å². The van der Waals surface area contributed by atoms with Crippen LogP contribution in [-0.2, 0) is 14.3 Å². The summed E-state index contributed by atoms with van der Waals surface area (Å²) in [5.74, 6) is 0.703. The molecule has 1 fully saturated rings. The van der Waals surface area contributed by atoms with Crippen molar-refractivity contribution >= 4 is 40.1 Å². The van der Waals surface area contributed by atoms with Crippen molar-refractivity contribution in [1.82, 2.24) is 4.90 Å². The maximum atomic E-state index is 13.2. The molecule has 0 bridgehead atoms. The van der Waals surface area contributed by atoms with Gasteiger partial charge in [-0.15, -0.1) is 0 Å². The zero-order valence-corrected chi connectivity index (χ0v) is 21.0. The van der Waals surface area contributed by atoms with Crippen molar-refractivity contribution in [2.45, 2.75) is 31.9 Å². The number of para-hydroxylation sites is 1. The highest BCUT2D eigenvalue weighted by Crippen LogP contribution is 2.35. The fourth-order valence-corrected chi connectivity index (χ4v) is 4.82. The van der Waals surface area contributed by atoms with E-state index in [9.17, 15) is 9.59 Å². The number of carbonyl (C=O) groups excluding carboxylic acids is 2. The van der Waals surface area contributed by atoms with Crippen LogP contribution >= 0.6 is 11.8 Å². The summed E-state index contributed by atoms with van der Waals surface area (Å²) in [6.45, 7) is 5.01. The lowest BCUT2D eigenvalue weighted by Gasteiger charge is -2.17. The summed E-state index contributed by atoms with van der Waals surface area (Å²) < 4.78 is 15.7. The normalized spacial score (nSPS) is 16.7. The van der Waals surface area contributed by atoms with Gasteiger partial charge in [-0.2, -0.15) is 0 Å². The minimum Gasteiger partial charge on any atom is -0.497 e. The molecule has 2 aromatic carbocycles. The van der Waals surface area contributed by atoms with Gasteiger partial charge < -0.3 is 19.5 Å². The smallest absolute Gasteiger partial charge is 0.242 e. The molecule has 1 heterocycles. The molecule has 1 aliphatic heterocycles. The maximum Gasteiger partial charge on any atom is 0.242 e. The van der Waals surface area contributed by atoms with E-state index < -0.39 is 5.25 Å². The molecule has 2 aromatic rings. The van der Waals surface area contributed by atoms with Crippen LogP contribution in [0.15, 0.2) is 41.4 Å². The fraction of sp³-hybridized carbons (Fsp3) is 0.400. The lowest BCUT2D eigenvalue weighted by Crippen LogP contribution is -2.34. The minimum atomic E-state index is -0.560. The van der Waals surface area contributed by atoms with Gasteiger partial charge in [0.05, 0.1) is 25.6 Å². The van der Waals surface area contributed by atoms with Crippen molar-refractivity contribution < 1.29 is 23.8 Å². The third-order valence-corrected chi connectivity index (χ3v) is 6.63. The van der Waals surface area contributed by atoms with Gasteiger partial charge >= 0.3 is 0 Å². The van der Waals surface area contributed by atoms with Crippen LogP contribution in [0.25, 0.3) is 0 Å². The van der Waals surface area contributed by atoms with Gasteiger partial charge in [0.2, 0.25) is 11.8 Å². The van der Waals surface area contributed by atoms with E-state index in [1.54, 1.807) is 37.3 Å². The molecule has 0 aliphatic carbocycles. The lowest BCUT2D eigenvalue weighted by atomic mass is 10.1. The first-order valence-corrected chi connectivity index (χ1v) is 11.9. The second kappa shape index (κ2) is 11.9. The second-order valence-electron chi connectivity index (χ2n) is 7.90. The fourth-order valence-electron chi connectivity index (χ4n) is 3.65. The van der Waals surface area contributed by atoms with Crippen LogP contribution in [0.1, 0.15) is 24.0 Å². The summed E-state index contributed by atoms with van der Waals surface area (Å²) in [7, 11) is 4.72. The number of amides is 2. The van der Waals surface area contributed by atoms with E-state index in [-0.39, 0.29) is 18.2 Å². The van der Waals surface area contributed by atoms with Crippen molar-refractivity contribution in [3.63, 3.8) is 0 Å². The van der Waals surface area contributed by atoms with E-state index in [1.165, 1.54) is 18.9 Å². The molecule has 182 valence electrons. The van der Waals surface area contributed by atoms with Crippen molar-refractivity contribution in [3.05, 3.63) is 47.5 Å². The number of hydrogen-bond donors (Lipinski definition) is 1. The van der Waals surface area contributed by atoms with E-state index in [4.69, 9.17) is 19.2 Å². The van der Waals surface area contributed by atoms with Crippen LogP contribution in [0.2, 0.25) is 0 Å². The van der Waals surface area contributed by atoms with E-state index in [0.29, 0.717) is 41.9 Å². The number of aryl methyl sites for hydroxylation is 2. The summed E-state index contributed by atoms with van der Waals surface area (Å²) in [6, 6.07) is 11.1. The summed E-state index contributed by atoms with van der Waals surface area (Å²) in [4.78, 5) is 32.6. The Morgan fingerprint density at radius 3 is 2.50 bits per heavy atom. The molecule has 1 N–H and O–H groups in total. The average molecular weight is 486 g/mol. The van der Waals surface area contributed by atoms with Crippen molar-refractivity contribution in [3.8, 4) is 11.5 Å². The Labute approximate surface area is 204 Å². The minimum absolute atomic E-state index is 0.0191. The van der Waals surface area contributed by atoms with Crippen LogP contribution in [0.5, 0.6) is 11.5 Å². The zero-order chi connectivity index (χ0) is 24.7. The van der Waals surface area contributed by atoms with E-state index in [0.717, 1.165) is 16.8 Å². The van der Waals surface area contributed by atoms with Gasteiger partial charge in [-0.1, -0.05) is 30.0 Å². The molecule has 0 spiro atoms. The van der Waals surface area contributed by atoms with E-state index in [2.05, 4.69) is 5.32 Å². The van der Waals surface area contributed by atoms with Gasteiger partial charge in [0.1, 0.15) is 16.7 Å². The number of amidine groups is 1. The Kier molecular flexibility index (Phi) is 8.95. The number of aliphatic imine (C=N–C) groups is 1. The van der Waals surface area contributed by atoms with Gasteiger partial charge in [0.15, 0.2) is 5.17 Å². The van der Waals surface area contributed by atoms with Crippen LogP contribution in [0.3, 0.4) is 0 Å². The third kappa shape index (κ3) is 6.09. The first-order valence-electron chi connectivity index (χ1n) is 11.0. The largest absolute Gasteiger partial charge is 0.497 e. The molecule has 3 rings (SSSR count). The van der Waals surface area contributed by atoms with Crippen LogP contribution in [0, 0.1) is 13.8 Å². The SMILES string of the molecule is COCCCN1C(=O)C(CC(=O)Nc2ccc(OC)cc2OC)SC1=Nc1c(C)cccc1C. The van der Waals surface area contributed by atoms with Gasteiger partial charge in [-0.05, 0) is 43.5 Å². The highest BCUT2D eigenvalue weighted by Gasteiger charge is 2.39. The van der Waals surface area contributed by atoms with Crippen molar-refractivity contribution in [1.29, 1.82) is 0 Å². The molecular formula is C25H31N3O5S. The monoisotopic (exact) mass is 485 g/mol. The Hall–Kier alpha value is -3.04. The van der Waals surface area contributed by atoms with Gasteiger partial charge in [-0.25, -0.2) is 4.99 Å². The topological polar surface area (TPSA) is 89.5 Å². The molecule has 9 heteroatoms. The second-order valence-corrected chi connectivity index (χ2v) is 9.07. The summed E-state index contributed by atoms with van der Waals surface area (Å²) in [6.07, 6.45) is 0.696. The van der Waals surface area contributed by atoms with E-state index in [1.807, 2.05) is 32.0 Å². The van der Waals surface area contributed by atoms with E-state index >= 15 is 0 Å². The number of carbonyl (C=O) groups is 2. The number of ether oxygens (including phenoxy) is 3. The third-order valence-electron chi connectivity index (χ3n) is 5.45. The highest BCUT2D eigenvalue weighted by atomic mass is 32.2. The molecule has 2 amide bonds. The summed E-state index contributed by atoms with van der Waals surface area (Å²) in [5, 5.41) is 2.90. The number of thioether (sulfide) groups is 1. The number of nitrogens with zero attached hydrogens (tertiary/aromatic N) is 2. The van der Waals surface area contributed by atoms with Gasteiger partial charge in [-0.3, -0.25) is 14.5 Å². The molecule has 1 atom stereocenters. The number of hydrogen-bond acceptors (Lipinski definition) is 7. The molecular weight excluding hydrogens is 454 g/mol. The molecule has 1 saturated heterocycles. The van der Waals surface area contributed by atoms with Crippen molar-refractivity contribution in [2.24, 2.45) is 4.99 Å². The first kappa shape index (κ1) is 25.6. The predicted molar refractivity (Wildman–Crippen MR) is 135 cm³/mol. The molecule has 1 unspecified atom stereocenters. The molecule has 8 nitrogen and oxygen atoms in total. The van der Waals surface area contributed by atoms with Gasteiger partial charge in [0.25, 0.3) is 0 Å². The number of nitrogens with one attached hydrogen (secondary N) is 1. The Bertz CT molecular complexity index is 1050. The van der Waals surface area contributed by atoms with Crippen LogP contribution < -0.4 is 14.8 Å². The summed E-state index contributed by atoms with van der Waals surface area (Å²) >= 11 is 1.33. The standard InChI is InChI=1S/C25H31N3O5S/c1-16-8-6-9-17(2)23(16)27-25-28(12-7-13-31-3)24(30)21(34-25)15-22(29)26-19-11-10-18(32-4)14-20(19)33-5/h6,8-11,14,21H,7,12-13,15H2,1-5H3,(H,26,29). The first-order chi connectivity index (χ1) is 16.4.